The average Bonchev–Trinajstić information content (AvgIpc) is 3.15. The van der Waals surface area contributed by atoms with E-state index in [-0.39, 0.29) is 17.1 Å². The predicted molar refractivity (Wildman–Crippen MR) is 141 cm³/mol. The highest BCUT2D eigenvalue weighted by molar-refractivity contribution is 6.12. The zero-order valence-electron chi connectivity index (χ0n) is 21.1. The second-order valence-electron chi connectivity index (χ2n) is 11.0. The van der Waals surface area contributed by atoms with Crippen LogP contribution in [0.25, 0.3) is 16.9 Å². The lowest BCUT2D eigenvalue weighted by Crippen LogP contribution is -2.23. The average molecular weight is 469 g/mol. The number of phenolic OH excluding ortho intramolecular Hbond substituents is 1. The number of phenols is 1. The van der Waals surface area contributed by atoms with Gasteiger partial charge in [0.2, 0.25) is 5.78 Å². The molecule has 4 aromatic rings. The molecular formula is C30H32N2O3. The van der Waals surface area contributed by atoms with Crippen molar-refractivity contribution in [3.63, 3.8) is 0 Å². The van der Waals surface area contributed by atoms with Crippen LogP contribution < -0.4 is 5.56 Å². The summed E-state index contributed by atoms with van der Waals surface area (Å²) in [5.41, 5.74) is 2.45. The van der Waals surface area contributed by atoms with Crippen molar-refractivity contribution in [2.24, 2.45) is 0 Å². The summed E-state index contributed by atoms with van der Waals surface area (Å²) in [4.78, 5) is 27.7. The largest absolute Gasteiger partial charge is 0.507 e. The number of rotatable bonds is 4. The summed E-state index contributed by atoms with van der Waals surface area (Å²) < 4.78 is 1.41. The zero-order chi connectivity index (χ0) is 25.5. The monoisotopic (exact) mass is 468 g/mol. The zero-order valence-corrected chi connectivity index (χ0v) is 21.1. The molecule has 0 bridgehead atoms. The maximum atomic E-state index is 14.1. The lowest BCUT2D eigenvalue weighted by Gasteiger charge is -2.28. The summed E-state index contributed by atoms with van der Waals surface area (Å²) in [6.45, 7) is 12.0. The van der Waals surface area contributed by atoms with Crippen molar-refractivity contribution in [1.29, 1.82) is 0 Å². The number of nitrogens with one attached hydrogen (secondary N) is 1. The van der Waals surface area contributed by atoms with Gasteiger partial charge in [-0.25, -0.2) is 4.68 Å². The molecule has 5 heteroatoms. The number of carbonyl (C=O) groups is 1. The standard InChI is InChI=1S/C30H32N2O3/c1-29(2,3)22-17-20(18-23(27(22)34)30(4,5)6)26(33)24-25(19-13-9-7-10-14-19)31-32(28(24)35)21-15-11-8-12-16-21/h7-18,31,34H,1-6H3. The van der Waals surface area contributed by atoms with Crippen LogP contribution >= 0.6 is 0 Å². The van der Waals surface area contributed by atoms with Crippen molar-refractivity contribution in [3.05, 3.63) is 105 Å². The van der Waals surface area contributed by atoms with Crippen LogP contribution in [0.2, 0.25) is 0 Å². The molecule has 180 valence electrons. The quantitative estimate of drug-likeness (QED) is 0.342. The number of ketones is 1. The van der Waals surface area contributed by atoms with Gasteiger partial charge < -0.3 is 5.11 Å². The molecule has 0 saturated carbocycles. The highest BCUT2D eigenvalue weighted by Crippen LogP contribution is 2.40. The van der Waals surface area contributed by atoms with E-state index in [0.717, 1.165) is 5.56 Å². The Kier molecular flexibility index (Phi) is 6.05. The molecule has 1 heterocycles. The molecule has 0 saturated heterocycles. The van der Waals surface area contributed by atoms with Gasteiger partial charge in [-0.2, -0.15) is 0 Å². The summed E-state index contributed by atoms with van der Waals surface area (Å²) in [5, 5.41) is 14.3. The molecule has 0 amide bonds. The Balaban J connectivity index is 2.00. The number of H-pyrrole nitrogens is 1. The molecule has 35 heavy (non-hydrogen) atoms. The van der Waals surface area contributed by atoms with E-state index in [4.69, 9.17) is 0 Å². The first kappa shape index (κ1) is 24.3. The van der Waals surface area contributed by atoms with Crippen LogP contribution in [0, 0.1) is 0 Å². The molecule has 0 fully saturated rings. The number of aromatic nitrogens is 2. The van der Waals surface area contributed by atoms with Crippen LogP contribution in [0.15, 0.2) is 77.6 Å². The van der Waals surface area contributed by atoms with E-state index < -0.39 is 16.4 Å². The lowest BCUT2D eigenvalue weighted by molar-refractivity contribution is 0.103. The van der Waals surface area contributed by atoms with E-state index in [2.05, 4.69) is 5.10 Å². The van der Waals surface area contributed by atoms with Crippen molar-refractivity contribution >= 4 is 5.78 Å². The van der Waals surface area contributed by atoms with Gasteiger partial charge in [0.1, 0.15) is 11.3 Å². The first-order chi connectivity index (χ1) is 16.4. The summed E-state index contributed by atoms with van der Waals surface area (Å²) >= 11 is 0. The number of hydrogen-bond acceptors (Lipinski definition) is 3. The Morgan fingerprint density at radius 2 is 1.29 bits per heavy atom. The normalized spacial score (nSPS) is 12.1. The number of hydrogen-bond donors (Lipinski definition) is 2. The molecule has 1 aromatic heterocycles. The SMILES string of the molecule is CC(C)(C)c1cc(C(=O)c2c(-c3ccccc3)[nH]n(-c3ccccc3)c2=O)cc(C(C)(C)C)c1O. The Morgan fingerprint density at radius 3 is 1.77 bits per heavy atom. The number of aromatic hydroxyl groups is 1. The first-order valence-corrected chi connectivity index (χ1v) is 11.8. The number of aromatic amines is 1. The Labute approximate surface area is 206 Å². The molecule has 5 nitrogen and oxygen atoms in total. The van der Waals surface area contributed by atoms with E-state index >= 15 is 0 Å². The molecule has 0 spiro atoms. The Bertz CT molecular complexity index is 1400. The number of benzene rings is 3. The summed E-state index contributed by atoms with van der Waals surface area (Å²) in [6.07, 6.45) is 0. The molecule has 0 unspecified atom stereocenters. The molecule has 0 aliphatic carbocycles. The van der Waals surface area contributed by atoms with Gasteiger partial charge in [-0.15, -0.1) is 0 Å². The smallest absolute Gasteiger partial charge is 0.283 e. The van der Waals surface area contributed by atoms with Gasteiger partial charge >= 0.3 is 0 Å². The van der Waals surface area contributed by atoms with Gasteiger partial charge in [-0.1, -0.05) is 90.1 Å². The van der Waals surface area contributed by atoms with E-state index in [9.17, 15) is 14.7 Å². The summed E-state index contributed by atoms with van der Waals surface area (Å²) in [7, 11) is 0. The first-order valence-electron chi connectivity index (χ1n) is 11.8. The summed E-state index contributed by atoms with van der Waals surface area (Å²) in [6, 6.07) is 22.0. The lowest BCUT2D eigenvalue weighted by atomic mass is 9.77. The van der Waals surface area contributed by atoms with Crippen LogP contribution in [0.3, 0.4) is 0 Å². The van der Waals surface area contributed by atoms with Gasteiger partial charge in [0, 0.05) is 22.3 Å². The highest BCUT2D eigenvalue weighted by atomic mass is 16.3. The second-order valence-corrected chi connectivity index (χ2v) is 11.0. The molecule has 0 radical (unpaired) electrons. The van der Waals surface area contributed by atoms with Crippen molar-refractivity contribution in [2.75, 3.05) is 0 Å². The van der Waals surface area contributed by atoms with Crippen LogP contribution in [0.1, 0.15) is 68.6 Å². The van der Waals surface area contributed by atoms with Gasteiger partial charge in [0.05, 0.1) is 11.4 Å². The third-order valence-electron chi connectivity index (χ3n) is 6.18. The van der Waals surface area contributed by atoms with Crippen LogP contribution in [0.5, 0.6) is 5.75 Å². The molecule has 0 atom stereocenters. The van der Waals surface area contributed by atoms with Crippen molar-refractivity contribution in [1.82, 2.24) is 9.78 Å². The highest BCUT2D eigenvalue weighted by Gasteiger charge is 2.30. The molecule has 0 aliphatic rings. The number of para-hydroxylation sites is 1. The van der Waals surface area contributed by atoms with E-state index in [1.807, 2.05) is 102 Å². The fourth-order valence-corrected chi connectivity index (χ4v) is 4.27. The molecule has 0 aliphatic heterocycles. The number of nitrogens with zero attached hydrogens (tertiary/aromatic N) is 1. The van der Waals surface area contributed by atoms with Crippen molar-refractivity contribution in [3.8, 4) is 22.7 Å². The van der Waals surface area contributed by atoms with Crippen molar-refractivity contribution < 1.29 is 9.90 Å². The maximum Gasteiger partial charge on any atom is 0.283 e. The fraction of sp³-hybridized carbons (Fsp3) is 0.267. The third kappa shape index (κ3) is 4.59. The van der Waals surface area contributed by atoms with Crippen molar-refractivity contribution in [2.45, 2.75) is 52.4 Å². The van der Waals surface area contributed by atoms with Gasteiger partial charge in [-0.05, 0) is 35.1 Å². The summed E-state index contributed by atoms with van der Waals surface area (Å²) in [5.74, 6) is -0.184. The van der Waals surface area contributed by atoms with E-state index in [1.165, 1.54) is 4.68 Å². The fourth-order valence-electron chi connectivity index (χ4n) is 4.27. The topological polar surface area (TPSA) is 75.1 Å². The molecule has 4 rings (SSSR count). The third-order valence-corrected chi connectivity index (χ3v) is 6.18. The van der Waals surface area contributed by atoms with E-state index in [1.54, 1.807) is 12.1 Å². The minimum absolute atomic E-state index is 0.0745. The Morgan fingerprint density at radius 1 is 0.800 bits per heavy atom. The second kappa shape index (κ2) is 8.73. The Hall–Kier alpha value is -3.86. The minimum atomic E-state index is -0.414. The van der Waals surface area contributed by atoms with Gasteiger partial charge in [0.15, 0.2) is 0 Å². The van der Waals surface area contributed by atoms with Crippen LogP contribution in [0.4, 0.5) is 0 Å². The minimum Gasteiger partial charge on any atom is -0.507 e. The number of carbonyl (C=O) groups excluding carboxylic acids is 1. The van der Waals surface area contributed by atoms with Gasteiger partial charge in [-0.3, -0.25) is 14.7 Å². The molecule has 2 N–H and O–H groups in total. The predicted octanol–water partition coefficient (Wildman–Crippen LogP) is 6.36. The molecular weight excluding hydrogens is 436 g/mol. The van der Waals surface area contributed by atoms with E-state index in [0.29, 0.717) is 28.1 Å². The van der Waals surface area contributed by atoms with Crippen LogP contribution in [-0.2, 0) is 10.8 Å². The van der Waals surface area contributed by atoms with Crippen LogP contribution in [-0.4, -0.2) is 20.7 Å². The van der Waals surface area contributed by atoms with Gasteiger partial charge in [0.25, 0.3) is 5.56 Å². The maximum absolute atomic E-state index is 14.1. The molecule has 3 aromatic carbocycles.